The van der Waals surface area contributed by atoms with Crippen molar-refractivity contribution < 1.29 is 23.1 Å². The molecule has 0 bridgehead atoms. The van der Waals surface area contributed by atoms with Crippen molar-refractivity contribution in [3.63, 3.8) is 0 Å². The number of ether oxygens (including phenoxy) is 2. The van der Waals surface area contributed by atoms with Gasteiger partial charge in [0.2, 0.25) is 12.7 Å². The van der Waals surface area contributed by atoms with Crippen molar-refractivity contribution in [2.75, 3.05) is 12.5 Å². The number of nitrogens with zero attached hydrogens (tertiary/aromatic N) is 4. The van der Waals surface area contributed by atoms with Crippen molar-refractivity contribution in [3.05, 3.63) is 64.7 Å². The van der Waals surface area contributed by atoms with Gasteiger partial charge in [-0.05, 0) is 41.8 Å². The van der Waals surface area contributed by atoms with Crippen LogP contribution < -0.4 is 9.47 Å². The number of carbonyl (C=O) groups is 1. The molecule has 6 rings (SSSR count). The molecule has 9 nitrogen and oxygen atoms in total. The number of rotatable bonds is 6. The zero-order chi connectivity index (χ0) is 22.2. The summed E-state index contributed by atoms with van der Waals surface area (Å²) in [6, 6.07) is 12.8. The first-order valence-electron chi connectivity index (χ1n) is 10.1. The standard InChI is InChI=1S/C22H16N4O5S2/c27-20(26-15(16-3-1-7-28-16)10-14(25-26)19-4-2-8-32-19)11-33-22-24-23-21(31-22)13-5-6-17-18(9-13)30-12-29-17/h1-9,15H,10-12H2/t15-/m1/s1. The number of thioether (sulfide) groups is 1. The van der Waals surface area contributed by atoms with Gasteiger partial charge in [-0.3, -0.25) is 4.79 Å². The highest BCUT2D eigenvalue weighted by Gasteiger charge is 2.35. The largest absolute Gasteiger partial charge is 0.467 e. The van der Waals surface area contributed by atoms with Crippen LogP contribution in [0.15, 0.2) is 73.3 Å². The molecule has 0 saturated carbocycles. The zero-order valence-electron chi connectivity index (χ0n) is 17.0. The van der Waals surface area contributed by atoms with Crippen LogP contribution in [0.1, 0.15) is 23.1 Å². The van der Waals surface area contributed by atoms with Crippen LogP contribution in [0.3, 0.4) is 0 Å². The number of hydrazone groups is 1. The summed E-state index contributed by atoms with van der Waals surface area (Å²) < 4.78 is 22.0. The van der Waals surface area contributed by atoms with Crippen LogP contribution in [-0.2, 0) is 4.79 Å². The second-order valence-electron chi connectivity index (χ2n) is 7.23. The molecule has 0 spiro atoms. The quantitative estimate of drug-likeness (QED) is 0.369. The summed E-state index contributed by atoms with van der Waals surface area (Å²) in [5, 5.41) is 16.5. The molecule has 0 N–H and O–H groups in total. The van der Waals surface area contributed by atoms with E-state index in [1.807, 2.05) is 35.7 Å². The highest BCUT2D eigenvalue weighted by molar-refractivity contribution is 7.99. The molecule has 1 atom stereocenters. The fourth-order valence-corrected chi connectivity index (χ4v) is 4.98. The molecule has 2 aliphatic rings. The molecule has 5 heterocycles. The summed E-state index contributed by atoms with van der Waals surface area (Å²) in [6.45, 7) is 0.192. The Hall–Kier alpha value is -3.57. The summed E-state index contributed by atoms with van der Waals surface area (Å²) in [7, 11) is 0. The third-order valence-corrected chi connectivity index (χ3v) is 6.91. The van der Waals surface area contributed by atoms with Crippen LogP contribution in [-0.4, -0.2) is 39.4 Å². The highest BCUT2D eigenvalue weighted by atomic mass is 32.2. The van der Waals surface area contributed by atoms with Crippen LogP contribution in [0.5, 0.6) is 11.5 Å². The molecule has 4 aromatic rings. The van der Waals surface area contributed by atoms with Gasteiger partial charge < -0.3 is 18.3 Å². The molecule has 0 fully saturated rings. The summed E-state index contributed by atoms with van der Waals surface area (Å²) in [5.41, 5.74) is 1.58. The molecule has 2 aliphatic heterocycles. The van der Waals surface area contributed by atoms with Gasteiger partial charge >= 0.3 is 0 Å². The molecule has 3 aromatic heterocycles. The first kappa shape index (κ1) is 20.1. The number of fused-ring (bicyclic) bond motifs is 1. The number of carbonyl (C=O) groups excluding carboxylic acids is 1. The first-order chi connectivity index (χ1) is 16.2. The topological polar surface area (TPSA) is 103 Å². The summed E-state index contributed by atoms with van der Waals surface area (Å²) in [6.07, 6.45) is 2.20. The average molecular weight is 481 g/mol. The molecule has 1 aromatic carbocycles. The van der Waals surface area contributed by atoms with Crippen LogP contribution >= 0.6 is 23.1 Å². The number of hydrogen-bond acceptors (Lipinski definition) is 10. The molecule has 0 aliphatic carbocycles. The van der Waals surface area contributed by atoms with Crippen LogP contribution in [0.2, 0.25) is 0 Å². The molecule has 11 heteroatoms. The third-order valence-electron chi connectivity index (χ3n) is 5.19. The SMILES string of the molecule is O=C(CSc1nnc(-c2ccc3c(c2)OCO3)o1)N1N=C(c2cccs2)C[C@@H]1c1ccco1. The van der Waals surface area contributed by atoms with E-state index in [1.54, 1.807) is 29.7 Å². The molecule has 0 unspecified atom stereocenters. The Balaban J connectivity index is 1.17. The second-order valence-corrected chi connectivity index (χ2v) is 9.10. The Morgan fingerprint density at radius 3 is 2.94 bits per heavy atom. The lowest BCUT2D eigenvalue weighted by Crippen LogP contribution is -2.28. The Morgan fingerprint density at radius 2 is 2.09 bits per heavy atom. The van der Waals surface area contributed by atoms with Crippen LogP contribution in [0.4, 0.5) is 0 Å². The van der Waals surface area contributed by atoms with E-state index < -0.39 is 0 Å². The fraction of sp³-hybridized carbons (Fsp3) is 0.182. The van der Waals surface area contributed by atoms with Crippen LogP contribution in [0.25, 0.3) is 11.5 Å². The van der Waals surface area contributed by atoms with Crippen LogP contribution in [0, 0.1) is 0 Å². The number of aromatic nitrogens is 2. The van der Waals surface area contributed by atoms with Crippen molar-refractivity contribution in [2.24, 2.45) is 5.10 Å². The van der Waals surface area contributed by atoms with E-state index >= 15 is 0 Å². The Kier molecular flexibility index (Phi) is 5.11. The second kappa shape index (κ2) is 8.41. The van der Waals surface area contributed by atoms with Crippen molar-refractivity contribution in [2.45, 2.75) is 17.7 Å². The lowest BCUT2D eigenvalue weighted by atomic mass is 10.1. The molecule has 0 radical (unpaired) electrons. The van der Waals surface area contributed by atoms with Crippen molar-refractivity contribution in [1.29, 1.82) is 0 Å². The summed E-state index contributed by atoms with van der Waals surface area (Å²) >= 11 is 2.77. The highest BCUT2D eigenvalue weighted by Crippen LogP contribution is 2.37. The van der Waals surface area contributed by atoms with Gasteiger partial charge in [-0.25, -0.2) is 5.01 Å². The maximum Gasteiger partial charge on any atom is 0.277 e. The smallest absolute Gasteiger partial charge is 0.277 e. The number of furan rings is 1. The third kappa shape index (κ3) is 3.89. The number of thiophene rings is 1. The average Bonchev–Trinajstić information content (AvgIpc) is 3.67. The lowest BCUT2D eigenvalue weighted by Gasteiger charge is -2.19. The van der Waals surface area contributed by atoms with E-state index in [1.165, 1.54) is 16.8 Å². The van der Waals surface area contributed by atoms with Gasteiger partial charge in [0.25, 0.3) is 11.1 Å². The van der Waals surface area contributed by atoms with Gasteiger partial charge in [0.05, 0.1) is 22.6 Å². The van der Waals surface area contributed by atoms with Crippen molar-refractivity contribution in [1.82, 2.24) is 15.2 Å². The Morgan fingerprint density at radius 1 is 1.15 bits per heavy atom. The van der Waals surface area contributed by atoms with E-state index in [9.17, 15) is 4.79 Å². The molecular formula is C22H16N4O5S2. The lowest BCUT2D eigenvalue weighted by molar-refractivity contribution is -0.130. The normalized spacial score (nSPS) is 16.9. The molecule has 1 amide bonds. The number of benzene rings is 1. The van der Waals surface area contributed by atoms with Gasteiger partial charge in [-0.15, -0.1) is 21.5 Å². The Labute approximate surface area is 196 Å². The predicted octanol–water partition coefficient (Wildman–Crippen LogP) is 4.59. The maximum atomic E-state index is 13.1. The molecular weight excluding hydrogens is 464 g/mol. The minimum atomic E-state index is -0.280. The summed E-state index contributed by atoms with van der Waals surface area (Å²) in [4.78, 5) is 14.1. The van der Waals surface area contributed by atoms with E-state index in [-0.39, 0.29) is 24.5 Å². The van der Waals surface area contributed by atoms with Gasteiger partial charge in [0.15, 0.2) is 11.5 Å². The monoisotopic (exact) mass is 480 g/mol. The Bertz CT molecular complexity index is 1320. The van der Waals surface area contributed by atoms with Gasteiger partial charge in [-0.1, -0.05) is 17.8 Å². The van der Waals surface area contributed by atoms with Gasteiger partial charge in [0.1, 0.15) is 11.8 Å². The number of hydrogen-bond donors (Lipinski definition) is 0. The van der Waals surface area contributed by atoms with Gasteiger partial charge in [0, 0.05) is 12.0 Å². The van der Waals surface area contributed by atoms with E-state index in [0.717, 1.165) is 10.6 Å². The van der Waals surface area contributed by atoms with E-state index in [2.05, 4.69) is 15.3 Å². The molecule has 33 heavy (non-hydrogen) atoms. The summed E-state index contributed by atoms with van der Waals surface area (Å²) in [5.74, 6) is 2.28. The van der Waals surface area contributed by atoms with Gasteiger partial charge in [-0.2, -0.15) is 5.10 Å². The minimum Gasteiger partial charge on any atom is -0.467 e. The molecule has 0 saturated heterocycles. The van der Waals surface area contributed by atoms with Crippen molar-refractivity contribution >= 4 is 34.7 Å². The van der Waals surface area contributed by atoms with Crippen molar-refractivity contribution in [3.8, 4) is 23.0 Å². The minimum absolute atomic E-state index is 0.0984. The maximum absolute atomic E-state index is 13.1. The first-order valence-corrected chi connectivity index (χ1v) is 11.9. The zero-order valence-corrected chi connectivity index (χ0v) is 18.7. The fourth-order valence-electron chi connectivity index (χ4n) is 3.64. The molecule has 166 valence electrons. The predicted molar refractivity (Wildman–Crippen MR) is 120 cm³/mol. The number of amides is 1. The van der Waals surface area contributed by atoms with E-state index in [4.69, 9.17) is 18.3 Å². The van der Waals surface area contributed by atoms with E-state index in [0.29, 0.717) is 40.4 Å².